The molecule has 3 aromatic rings. The van der Waals surface area contributed by atoms with Gasteiger partial charge in [0.05, 0.1) is 24.2 Å². The van der Waals surface area contributed by atoms with E-state index in [0.717, 1.165) is 16.6 Å². The van der Waals surface area contributed by atoms with Crippen LogP contribution in [0.15, 0.2) is 48.5 Å². The number of aliphatic hydroxyl groups is 1. The summed E-state index contributed by atoms with van der Waals surface area (Å²) in [5, 5.41) is 12.2. The number of carbonyl (C=O) groups excluding carboxylic acids is 1. The molecule has 5 heteroatoms. The molecule has 0 aliphatic heterocycles. The number of ketones is 1. The minimum atomic E-state index is 0.0137. The number of aliphatic hydroxyl groups excluding tert-OH is 1. The predicted octanol–water partition coefficient (Wildman–Crippen LogP) is 4.37. The summed E-state index contributed by atoms with van der Waals surface area (Å²) in [6.07, 6.45) is 6.48. The van der Waals surface area contributed by atoms with Gasteiger partial charge in [0.1, 0.15) is 0 Å². The Morgan fingerprint density at radius 3 is 2.57 bits per heavy atom. The topological polar surface area (TPSA) is 67.2 Å². The van der Waals surface area contributed by atoms with Crippen molar-refractivity contribution in [2.24, 2.45) is 0 Å². The average Bonchev–Trinajstić information content (AvgIpc) is 3.10. The second-order valence-corrected chi connectivity index (χ2v) is 7.54. The molecule has 5 nitrogen and oxygen atoms in total. The Balaban J connectivity index is 1.54. The monoisotopic (exact) mass is 377 g/mol. The number of imidazole rings is 1. The highest BCUT2D eigenvalue weighted by molar-refractivity contribution is 5.97. The summed E-state index contributed by atoms with van der Waals surface area (Å²) in [7, 11) is 0. The van der Waals surface area contributed by atoms with Gasteiger partial charge in [-0.15, -0.1) is 0 Å². The molecular formula is C23H27N3O2. The number of nitrogens with zero attached hydrogens (tertiary/aromatic N) is 2. The molecule has 4 rings (SSSR count). The third-order valence-electron chi connectivity index (χ3n) is 5.66. The van der Waals surface area contributed by atoms with Crippen molar-refractivity contribution in [2.75, 3.05) is 18.5 Å². The fraction of sp³-hybridized carbons (Fsp3) is 0.391. The average molecular weight is 377 g/mol. The molecule has 0 atom stereocenters. The van der Waals surface area contributed by atoms with E-state index in [9.17, 15) is 4.79 Å². The summed E-state index contributed by atoms with van der Waals surface area (Å²) in [5.41, 5.74) is 3.83. The maximum Gasteiger partial charge on any atom is 0.204 e. The maximum atomic E-state index is 12.9. The van der Waals surface area contributed by atoms with Crippen molar-refractivity contribution in [2.45, 2.75) is 44.6 Å². The van der Waals surface area contributed by atoms with Crippen molar-refractivity contribution in [1.82, 2.24) is 9.55 Å². The van der Waals surface area contributed by atoms with Gasteiger partial charge in [-0.25, -0.2) is 4.98 Å². The number of carbonyl (C=O) groups is 1. The number of benzene rings is 2. The molecule has 2 N–H and O–H groups in total. The van der Waals surface area contributed by atoms with Gasteiger partial charge in [-0.1, -0.05) is 55.7 Å². The first-order valence-corrected chi connectivity index (χ1v) is 10.2. The molecule has 1 aliphatic carbocycles. The first kappa shape index (κ1) is 18.7. The van der Waals surface area contributed by atoms with E-state index < -0.39 is 0 Å². The van der Waals surface area contributed by atoms with Gasteiger partial charge in [-0.2, -0.15) is 0 Å². The lowest BCUT2D eigenvalue weighted by Gasteiger charge is -2.22. The van der Waals surface area contributed by atoms with Gasteiger partial charge in [-0.3, -0.25) is 4.79 Å². The minimum Gasteiger partial charge on any atom is -0.395 e. The van der Waals surface area contributed by atoms with Crippen LogP contribution in [0.3, 0.4) is 0 Å². The molecule has 0 unspecified atom stereocenters. The molecule has 28 heavy (non-hydrogen) atoms. The van der Waals surface area contributed by atoms with Crippen molar-refractivity contribution >= 4 is 22.8 Å². The number of rotatable bonds is 7. The Kier molecular flexibility index (Phi) is 5.72. The number of fused-ring (bicyclic) bond motifs is 1. The molecule has 0 amide bonds. The van der Waals surface area contributed by atoms with E-state index in [2.05, 4.69) is 22.4 Å². The van der Waals surface area contributed by atoms with E-state index in [4.69, 9.17) is 5.11 Å². The predicted molar refractivity (Wildman–Crippen MR) is 112 cm³/mol. The zero-order valence-corrected chi connectivity index (χ0v) is 16.1. The van der Waals surface area contributed by atoms with Crippen LogP contribution in [-0.4, -0.2) is 33.6 Å². The second-order valence-electron chi connectivity index (χ2n) is 7.54. The van der Waals surface area contributed by atoms with Crippen LogP contribution in [0.4, 0.5) is 5.95 Å². The zero-order chi connectivity index (χ0) is 19.3. The minimum absolute atomic E-state index is 0.0137. The van der Waals surface area contributed by atoms with Gasteiger partial charge in [-0.05, 0) is 36.5 Å². The normalized spacial score (nSPS) is 15.0. The Morgan fingerprint density at radius 1 is 1.07 bits per heavy atom. The quantitative estimate of drug-likeness (QED) is 0.600. The van der Waals surface area contributed by atoms with Gasteiger partial charge < -0.3 is 15.0 Å². The van der Waals surface area contributed by atoms with Gasteiger partial charge >= 0.3 is 0 Å². The summed E-state index contributed by atoms with van der Waals surface area (Å²) >= 11 is 0. The zero-order valence-electron chi connectivity index (χ0n) is 16.1. The molecule has 0 saturated heterocycles. The van der Waals surface area contributed by atoms with Crippen LogP contribution in [0.5, 0.6) is 0 Å². The van der Waals surface area contributed by atoms with Gasteiger partial charge in [0.25, 0.3) is 0 Å². The standard InChI is InChI=1S/C23H27N3O2/c27-15-14-24-23-25-20-8-4-5-9-21(20)26(23)16-22(28)19-12-10-18(11-13-19)17-6-2-1-3-7-17/h4-5,8-13,17,27H,1-3,6-7,14-16H2,(H,24,25). The van der Waals surface area contributed by atoms with Crippen molar-refractivity contribution in [3.8, 4) is 0 Å². The first-order valence-electron chi connectivity index (χ1n) is 10.2. The third-order valence-corrected chi connectivity index (χ3v) is 5.66. The molecule has 1 aliphatic rings. The molecule has 2 aromatic carbocycles. The highest BCUT2D eigenvalue weighted by Gasteiger charge is 2.17. The lowest BCUT2D eigenvalue weighted by Crippen LogP contribution is -2.16. The number of aromatic nitrogens is 2. The van der Waals surface area contributed by atoms with Gasteiger partial charge in [0.15, 0.2) is 5.78 Å². The van der Waals surface area contributed by atoms with Crippen LogP contribution in [0.2, 0.25) is 0 Å². The van der Waals surface area contributed by atoms with Crippen LogP contribution in [-0.2, 0) is 6.54 Å². The molecule has 0 radical (unpaired) electrons. The Bertz CT molecular complexity index is 940. The lowest BCUT2D eigenvalue weighted by molar-refractivity contribution is 0.0974. The van der Waals surface area contributed by atoms with E-state index in [0.29, 0.717) is 18.4 Å². The van der Waals surface area contributed by atoms with Gasteiger partial charge in [0.2, 0.25) is 5.95 Å². The molecule has 1 fully saturated rings. The molecule has 1 heterocycles. The summed E-state index contributed by atoms with van der Waals surface area (Å²) in [6, 6.07) is 15.9. The van der Waals surface area contributed by atoms with E-state index >= 15 is 0 Å². The van der Waals surface area contributed by atoms with Crippen molar-refractivity contribution in [1.29, 1.82) is 0 Å². The number of para-hydroxylation sites is 2. The fourth-order valence-corrected chi connectivity index (χ4v) is 4.15. The van der Waals surface area contributed by atoms with Crippen LogP contribution >= 0.6 is 0 Å². The number of hydrogen-bond donors (Lipinski definition) is 2. The van der Waals surface area contributed by atoms with E-state index in [1.165, 1.54) is 37.7 Å². The summed E-state index contributed by atoms with van der Waals surface area (Å²) in [4.78, 5) is 17.5. The number of hydrogen-bond acceptors (Lipinski definition) is 4. The Hall–Kier alpha value is -2.66. The second kappa shape index (κ2) is 8.57. The molecular weight excluding hydrogens is 350 g/mol. The van der Waals surface area contributed by atoms with E-state index in [1.807, 2.05) is 41.0 Å². The number of Topliss-reactive ketones (excluding diaryl/α,β-unsaturated/α-hetero) is 1. The van der Waals surface area contributed by atoms with Crippen LogP contribution in [0, 0.1) is 0 Å². The molecule has 146 valence electrons. The molecule has 1 aromatic heterocycles. The highest BCUT2D eigenvalue weighted by atomic mass is 16.3. The Labute approximate surface area is 165 Å². The molecule has 0 bridgehead atoms. The summed E-state index contributed by atoms with van der Waals surface area (Å²) < 4.78 is 1.89. The highest BCUT2D eigenvalue weighted by Crippen LogP contribution is 2.32. The van der Waals surface area contributed by atoms with Crippen LogP contribution in [0.1, 0.15) is 53.9 Å². The molecule has 0 spiro atoms. The summed E-state index contributed by atoms with van der Waals surface area (Å²) in [6.45, 7) is 0.629. The third kappa shape index (κ3) is 3.94. The fourth-order valence-electron chi connectivity index (χ4n) is 4.15. The van der Waals surface area contributed by atoms with Crippen molar-refractivity contribution in [3.63, 3.8) is 0 Å². The Morgan fingerprint density at radius 2 is 1.82 bits per heavy atom. The van der Waals surface area contributed by atoms with Crippen molar-refractivity contribution < 1.29 is 9.90 Å². The number of nitrogens with one attached hydrogen (secondary N) is 1. The van der Waals surface area contributed by atoms with E-state index in [1.54, 1.807) is 0 Å². The lowest BCUT2D eigenvalue weighted by atomic mass is 9.84. The van der Waals surface area contributed by atoms with Crippen molar-refractivity contribution in [3.05, 3.63) is 59.7 Å². The summed E-state index contributed by atoms with van der Waals surface area (Å²) in [5.74, 6) is 1.32. The first-order chi connectivity index (χ1) is 13.8. The SMILES string of the molecule is O=C(Cn1c(NCCO)nc2ccccc21)c1ccc(C2CCCCC2)cc1. The smallest absolute Gasteiger partial charge is 0.204 e. The number of anilines is 1. The van der Waals surface area contributed by atoms with Gasteiger partial charge in [0, 0.05) is 12.1 Å². The van der Waals surface area contributed by atoms with Crippen LogP contribution in [0.25, 0.3) is 11.0 Å². The maximum absolute atomic E-state index is 12.9. The largest absolute Gasteiger partial charge is 0.395 e. The molecule has 1 saturated carbocycles. The van der Waals surface area contributed by atoms with E-state index in [-0.39, 0.29) is 18.9 Å². The van der Waals surface area contributed by atoms with Crippen LogP contribution < -0.4 is 5.32 Å².